The highest BCUT2D eigenvalue weighted by Gasteiger charge is 2.52. The molecule has 0 atom stereocenters. The van der Waals surface area contributed by atoms with Crippen molar-refractivity contribution in [2.75, 3.05) is 33.3 Å². The molecule has 3 aliphatic rings. The number of imidazole rings is 1. The third kappa shape index (κ3) is 2.50. The van der Waals surface area contributed by atoms with E-state index in [1.807, 2.05) is 6.20 Å². The number of carbonyl (C=O) groups is 1. The van der Waals surface area contributed by atoms with Crippen LogP contribution in [0.1, 0.15) is 37.9 Å². The number of nitrogens with one attached hydrogen (secondary N) is 1. The van der Waals surface area contributed by atoms with Crippen LogP contribution in [0.2, 0.25) is 0 Å². The Morgan fingerprint density at radius 2 is 2.08 bits per heavy atom. The first-order valence-corrected chi connectivity index (χ1v) is 8.83. The summed E-state index contributed by atoms with van der Waals surface area (Å²) in [4.78, 5) is 22.9. The molecular formula is C17H26N4O3. The van der Waals surface area contributed by atoms with E-state index in [4.69, 9.17) is 9.84 Å². The monoisotopic (exact) mass is 334 g/mol. The second-order valence-electron chi connectivity index (χ2n) is 7.69. The van der Waals surface area contributed by atoms with E-state index in [1.165, 1.54) is 0 Å². The van der Waals surface area contributed by atoms with Crippen LogP contribution >= 0.6 is 0 Å². The Kier molecular flexibility index (Phi) is 3.80. The van der Waals surface area contributed by atoms with Gasteiger partial charge < -0.3 is 24.6 Å². The number of likely N-dealkylation sites (tertiary alicyclic amines) is 2. The minimum atomic E-state index is -0.767. The van der Waals surface area contributed by atoms with Gasteiger partial charge in [0.05, 0.1) is 0 Å². The molecule has 7 heteroatoms. The lowest BCUT2D eigenvalue weighted by Crippen LogP contribution is -2.56. The lowest BCUT2D eigenvalue weighted by atomic mass is 9.64. The highest BCUT2D eigenvalue weighted by Crippen LogP contribution is 2.51. The summed E-state index contributed by atoms with van der Waals surface area (Å²) < 4.78 is 5.84. The van der Waals surface area contributed by atoms with Crippen molar-refractivity contribution >= 4 is 6.09 Å². The van der Waals surface area contributed by atoms with Gasteiger partial charge in [0.15, 0.2) is 0 Å². The number of piperidine rings is 1. The van der Waals surface area contributed by atoms with Gasteiger partial charge in [-0.05, 0) is 37.5 Å². The van der Waals surface area contributed by atoms with Crippen molar-refractivity contribution in [2.24, 2.45) is 5.41 Å². The average Bonchev–Trinajstić information content (AvgIpc) is 3.23. The van der Waals surface area contributed by atoms with E-state index in [-0.39, 0.29) is 11.0 Å². The maximum Gasteiger partial charge on any atom is 0.407 e. The van der Waals surface area contributed by atoms with Crippen molar-refractivity contribution in [1.82, 2.24) is 19.8 Å². The van der Waals surface area contributed by atoms with Gasteiger partial charge in [-0.3, -0.25) is 0 Å². The zero-order chi connectivity index (χ0) is 16.8. The highest BCUT2D eigenvalue weighted by atomic mass is 16.5. The van der Waals surface area contributed by atoms with Crippen molar-refractivity contribution in [3.63, 3.8) is 0 Å². The molecule has 7 nitrogen and oxygen atoms in total. The van der Waals surface area contributed by atoms with Crippen LogP contribution in [0.4, 0.5) is 4.79 Å². The van der Waals surface area contributed by atoms with Gasteiger partial charge in [-0.1, -0.05) is 0 Å². The van der Waals surface area contributed by atoms with Crippen molar-refractivity contribution in [2.45, 2.75) is 43.7 Å². The summed E-state index contributed by atoms with van der Waals surface area (Å²) in [5.41, 5.74) is -0.0330. The van der Waals surface area contributed by atoms with Crippen LogP contribution in [-0.2, 0) is 10.3 Å². The Bertz CT molecular complexity index is 589. The largest absolute Gasteiger partial charge is 0.465 e. The number of carboxylic acid groups (broad SMARTS) is 1. The fourth-order valence-corrected chi connectivity index (χ4v) is 4.93. The second-order valence-corrected chi connectivity index (χ2v) is 7.69. The first kappa shape index (κ1) is 15.9. The van der Waals surface area contributed by atoms with Gasteiger partial charge in [0.25, 0.3) is 0 Å². The van der Waals surface area contributed by atoms with Gasteiger partial charge in [-0.25, -0.2) is 9.78 Å². The van der Waals surface area contributed by atoms with Gasteiger partial charge in [0.1, 0.15) is 11.4 Å². The van der Waals surface area contributed by atoms with Crippen molar-refractivity contribution < 1.29 is 14.6 Å². The Labute approximate surface area is 142 Å². The van der Waals surface area contributed by atoms with Gasteiger partial charge in [-0.2, -0.15) is 0 Å². The molecule has 2 aliphatic heterocycles. The molecule has 0 bridgehead atoms. The van der Waals surface area contributed by atoms with Crippen molar-refractivity contribution in [3.05, 3.63) is 18.2 Å². The average molecular weight is 334 g/mol. The van der Waals surface area contributed by atoms with Crippen LogP contribution in [0.3, 0.4) is 0 Å². The number of aromatic amines is 1. The van der Waals surface area contributed by atoms with Gasteiger partial charge >= 0.3 is 6.09 Å². The van der Waals surface area contributed by atoms with Crippen LogP contribution in [0.25, 0.3) is 0 Å². The SMILES string of the molecule is COC1(c2ncc[nH]2)CCN(C2CC3(CCN(C(=O)O)C3)C2)CC1. The molecule has 2 N–H and O–H groups in total. The van der Waals surface area contributed by atoms with Crippen LogP contribution in [0.5, 0.6) is 0 Å². The number of hydrogen-bond donors (Lipinski definition) is 2. The van der Waals surface area contributed by atoms with E-state index in [0.717, 1.165) is 57.6 Å². The Morgan fingerprint density at radius 1 is 1.33 bits per heavy atom. The summed E-state index contributed by atoms with van der Waals surface area (Å²) in [6.45, 7) is 3.45. The Hall–Kier alpha value is -1.60. The van der Waals surface area contributed by atoms with Gasteiger partial charge in [-0.15, -0.1) is 0 Å². The molecule has 1 amide bonds. The van der Waals surface area contributed by atoms with Crippen LogP contribution in [0, 0.1) is 5.41 Å². The molecule has 1 aliphatic carbocycles. The number of ether oxygens (including phenoxy) is 1. The predicted octanol–water partition coefficient (Wildman–Crippen LogP) is 1.88. The molecule has 3 fully saturated rings. The van der Waals surface area contributed by atoms with Crippen molar-refractivity contribution in [1.29, 1.82) is 0 Å². The van der Waals surface area contributed by atoms with Crippen molar-refractivity contribution in [3.8, 4) is 0 Å². The fourth-order valence-electron chi connectivity index (χ4n) is 4.93. The standard InChI is InChI=1S/C17H26N4O3/c1-24-17(14-18-5-6-19-14)3-8-20(9-4-17)13-10-16(11-13)2-7-21(12-16)15(22)23/h5-6,13H,2-4,7-12H2,1H3,(H,18,19)(H,22,23). The number of nitrogens with zero attached hydrogens (tertiary/aromatic N) is 3. The first-order chi connectivity index (χ1) is 11.6. The number of amides is 1. The number of methoxy groups -OCH3 is 1. The molecule has 4 rings (SSSR count). The minimum Gasteiger partial charge on any atom is -0.465 e. The quantitative estimate of drug-likeness (QED) is 0.882. The zero-order valence-corrected chi connectivity index (χ0v) is 14.2. The van der Waals surface area contributed by atoms with Crippen LogP contribution < -0.4 is 0 Å². The summed E-state index contributed by atoms with van der Waals surface area (Å²) in [5.74, 6) is 0.933. The molecule has 0 radical (unpaired) electrons. The molecule has 24 heavy (non-hydrogen) atoms. The van der Waals surface area contributed by atoms with Gasteiger partial charge in [0.2, 0.25) is 0 Å². The molecule has 0 unspecified atom stereocenters. The molecule has 2 saturated heterocycles. The van der Waals surface area contributed by atoms with Crippen LogP contribution in [-0.4, -0.2) is 70.3 Å². The molecule has 1 spiro atoms. The highest BCUT2D eigenvalue weighted by molar-refractivity contribution is 5.65. The normalized spacial score (nSPS) is 32.9. The summed E-state index contributed by atoms with van der Waals surface area (Å²) in [6, 6.07) is 0.602. The maximum absolute atomic E-state index is 11.1. The number of aromatic nitrogens is 2. The molecule has 1 aromatic heterocycles. The second kappa shape index (κ2) is 5.74. The molecule has 3 heterocycles. The third-order valence-corrected chi connectivity index (χ3v) is 6.49. The topological polar surface area (TPSA) is 81.7 Å². The Morgan fingerprint density at radius 3 is 2.62 bits per heavy atom. The van der Waals surface area contributed by atoms with E-state index in [1.54, 1.807) is 18.2 Å². The zero-order valence-electron chi connectivity index (χ0n) is 14.2. The van der Waals surface area contributed by atoms with Gasteiger partial charge in [0, 0.05) is 51.7 Å². The van der Waals surface area contributed by atoms with E-state index >= 15 is 0 Å². The molecule has 1 saturated carbocycles. The van der Waals surface area contributed by atoms with E-state index in [0.29, 0.717) is 12.6 Å². The lowest BCUT2D eigenvalue weighted by Gasteiger charge is -2.52. The van der Waals surface area contributed by atoms with E-state index in [9.17, 15) is 4.79 Å². The Balaban J connectivity index is 1.33. The van der Waals surface area contributed by atoms with E-state index < -0.39 is 6.09 Å². The summed E-state index contributed by atoms with van der Waals surface area (Å²) >= 11 is 0. The number of rotatable bonds is 3. The maximum atomic E-state index is 11.1. The summed E-state index contributed by atoms with van der Waals surface area (Å²) in [5, 5.41) is 9.15. The molecule has 1 aromatic rings. The number of hydrogen-bond acceptors (Lipinski definition) is 4. The summed E-state index contributed by atoms with van der Waals surface area (Å²) in [6.07, 6.45) is 8.06. The number of H-pyrrole nitrogens is 1. The first-order valence-electron chi connectivity index (χ1n) is 8.83. The fraction of sp³-hybridized carbons (Fsp3) is 0.765. The van der Waals surface area contributed by atoms with Crippen LogP contribution in [0.15, 0.2) is 12.4 Å². The third-order valence-electron chi connectivity index (χ3n) is 6.49. The molecule has 132 valence electrons. The minimum absolute atomic E-state index is 0.250. The summed E-state index contributed by atoms with van der Waals surface area (Å²) in [7, 11) is 1.77. The lowest BCUT2D eigenvalue weighted by molar-refractivity contribution is -0.0932. The smallest absolute Gasteiger partial charge is 0.407 e. The molecular weight excluding hydrogens is 308 g/mol. The predicted molar refractivity (Wildman–Crippen MR) is 87.8 cm³/mol. The van der Waals surface area contributed by atoms with E-state index in [2.05, 4.69) is 14.9 Å². The molecule has 0 aromatic carbocycles.